The molecule has 0 radical (unpaired) electrons. The number of rotatable bonds is 2. The summed E-state index contributed by atoms with van der Waals surface area (Å²) in [5.74, 6) is 0.171. The van der Waals surface area contributed by atoms with E-state index in [0.717, 1.165) is 11.1 Å². The molecule has 7 heteroatoms. The summed E-state index contributed by atoms with van der Waals surface area (Å²) >= 11 is 5.73. The first-order chi connectivity index (χ1) is 12.0. The monoisotopic (exact) mass is 358 g/mol. The fourth-order valence-corrected chi connectivity index (χ4v) is 2.87. The van der Waals surface area contributed by atoms with Crippen LogP contribution in [-0.4, -0.2) is 11.1 Å². The molecular formula is C18H12ClFN2O3. The molecule has 0 saturated heterocycles. The molecule has 1 aromatic heterocycles. The SMILES string of the molecule is Cc1ccc2c(c1)-c1onc(C(=O)Nc3ccc(F)c(Cl)c3)c1CO2. The third-order valence-corrected chi connectivity index (χ3v) is 4.22. The van der Waals surface area contributed by atoms with Gasteiger partial charge >= 0.3 is 0 Å². The summed E-state index contributed by atoms with van der Waals surface area (Å²) in [6.07, 6.45) is 0. The number of carbonyl (C=O) groups excluding carboxylic acids is 1. The van der Waals surface area contributed by atoms with Crippen molar-refractivity contribution >= 4 is 23.2 Å². The summed E-state index contributed by atoms with van der Waals surface area (Å²) in [6.45, 7) is 2.14. The van der Waals surface area contributed by atoms with Crippen molar-refractivity contribution in [3.63, 3.8) is 0 Å². The second-order valence-corrected chi connectivity index (χ2v) is 6.12. The van der Waals surface area contributed by atoms with Crippen LogP contribution in [0.1, 0.15) is 21.6 Å². The molecular weight excluding hydrogens is 347 g/mol. The van der Waals surface area contributed by atoms with Crippen LogP contribution in [0.15, 0.2) is 40.9 Å². The van der Waals surface area contributed by atoms with Crippen molar-refractivity contribution in [3.8, 4) is 17.1 Å². The first kappa shape index (κ1) is 15.7. The highest BCUT2D eigenvalue weighted by atomic mass is 35.5. The average molecular weight is 359 g/mol. The van der Waals surface area contributed by atoms with Crippen molar-refractivity contribution in [2.24, 2.45) is 0 Å². The summed E-state index contributed by atoms with van der Waals surface area (Å²) in [5, 5.41) is 6.44. The second kappa shape index (κ2) is 5.89. The Balaban J connectivity index is 1.67. The first-order valence-corrected chi connectivity index (χ1v) is 7.89. The Hall–Kier alpha value is -2.86. The highest BCUT2D eigenvalue weighted by molar-refractivity contribution is 6.31. The molecule has 3 aromatic rings. The molecule has 126 valence electrons. The van der Waals surface area contributed by atoms with Crippen LogP contribution < -0.4 is 10.1 Å². The average Bonchev–Trinajstić information content (AvgIpc) is 3.03. The molecule has 0 bridgehead atoms. The van der Waals surface area contributed by atoms with Crippen LogP contribution >= 0.6 is 11.6 Å². The molecule has 1 aliphatic heterocycles. The number of carbonyl (C=O) groups is 1. The van der Waals surface area contributed by atoms with Crippen LogP contribution in [0.25, 0.3) is 11.3 Å². The van der Waals surface area contributed by atoms with Gasteiger partial charge in [0.25, 0.3) is 5.91 Å². The first-order valence-electron chi connectivity index (χ1n) is 7.51. The summed E-state index contributed by atoms with van der Waals surface area (Å²) < 4.78 is 24.3. The molecule has 0 aliphatic carbocycles. The summed E-state index contributed by atoms with van der Waals surface area (Å²) in [7, 11) is 0. The van der Waals surface area contributed by atoms with Crippen LogP contribution in [0.3, 0.4) is 0 Å². The van der Waals surface area contributed by atoms with Crippen LogP contribution in [0.2, 0.25) is 5.02 Å². The number of ether oxygens (including phenoxy) is 1. The lowest BCUT2D eigenvalue weighted by Crippen LogP contribution is -2.16. The van der Waals surface area contributed by atoms with Gasteiger partial charge in [0.2, 0.25) is 0 Å². The van der Waals surface area contributed by atoms with Gasteiger partial charge in [0, 0.05) is 5.69 Å². The number of hydrogen-bond donors (Lipinski definition) is 1. The molecule has 1 amide bonds. The van der Waals surface area contributed by atoms with Gasteiger partial charge in [0.15, 0.2) is 11.5 Å². The second-order valence-electron chi connectivity index (χ2n) is 5.71. The lowest BCUT2D eigenvalue weighted by molar-refractivity contribution is 0.101. The zero-order chi connectivity index (χ0) is 17.6. The molecule has 0 spiro atoms. The maximum atomic E-state index is 13.2. The maximum Gasteiger partial charge on any atom is 0.278 e. The van der Waals surface area contributed by atoms with Crippen LogP contribution in [0.5, 0.6) is 5.75 Å². The number of hydrogen-bond acceptors (Lipinski definition) is 4. The Morgan fingerprint density at radius 2 is 2.12 bits per heavy atom. The van der Waals surface area contributed by atoms with Crippen LogP contribution in [0, 0.1) is 12.7 Å². The van der Waals surface area contributed by atoms with Crippen molar-refractivity contribution in [3.05, 3.63) is 64.1 Å². The van der Waals surface area contributed by atoms with Gasteiger partial charge in [-0.05, 0) is 37.3 Å². The number of fused-ring (bicyclic) bond motifs is 3. The Labute approximate surface area is 147 Å². The molecule has 0 atom stereocenters. The fraction of sp³-hybridized carbons (Fsp3) is 0.111. The Morgan fingerprint density at radius 1 is 1.28 bits per heavy atom. The lowest BCUT2D eigenvalue weighted by atomic mass is 10.0. The number of benzene rings is 2. The summed E-state index contributed by atoms with van der Waals surface area (Å²) in [4.78, 5) is 12.5. The Bertz CT molecular complexity index is 1000. The number of nitrogens with one attached hydrogen (secondary N) is 1. The van der Waals surface area contributed by atoms with E-state index in [1.165, 1.54) is 18.2 Å². The van der Waals surface area contributed by atoms with Crippen LogP contribution in [0.4, 0.5) is 10.1 Å². The zero-order valence-corrected chi connectivity index (χ0v) is 13.9. The van der Waals surface area contributed by atoms with Gasteiger partial charge in [0.05, 0.1) is 16.1 Å². The van der Waals surface area contributed by atoms with E-state index < -0.39 is 11.7 Å². The van der Waals surface area contributed by atoms with Crippen molar-refractivity contribution < 1.29 is 18.4 Å². The summed E-state index contributed by atoms with van der Waals surface area (Å²) in [6, 6.07) is 9.64. The summed E-state index contributed by atoms with van der Waals surface area (Å²) in [5.41, 5.74) is 2.86. The normalized spacial score (nSPS) is 12.1. The molecule has 1 N–H and O–H groups in total. The van der Waals surface area contributed by atoms with Crippen molar-refractivity contribution in [2.45, 2.75) is 13.5 Å². The number of aryl methyl sites for hydroxylation is 1. The fourth-order valence-electron chi connectivity index (χ4n) is 2.69. The number of aromatic nitrogens is 1. The third-order valence-electron chi connectivity index (χ3n) is 3.93. The van der Waals surface area contributed by atoms with E-state index in [1.54, 1.807) is 0 Å². The minimum absolute atomic E-state index is 0.0762. The number of amides is 1. The van der Waals surface area contributed by atoms with Gasteiger partial charge in [-0.3, -0.25) is 4.79 Å². The molecule has 0 saturated carbocycles. The number of nitrogens with zero attached hydrogens (tertiary/aromatic N) is 1. The smallest absolute Gasteiger partial charge is 0.278 e. The quantitative estimate of drug-likeness (QED) is 0.727. The van der Waals surface area contributed by atoms with E-state index in [4.69, 9.17) is 20.9 Å². The van der Waals surface area contributed by atoms with E-state index in [-0.39, 0.29) is 17.3 Å². The van der Waals surface area contributed by atoms with E-state index in [2.05, 4.69) is 10.5 Å². The molecule has 25 heavy (non-hydrogen) atoms. The highest BCUT2D eigenvalue weighted by Gasteiger charge is 2.29. The van der Waals surface area contributed by atoms with Crippen molar-refractivity contribution in [1.29, 1.82) is 0 Å². The Morgan fingerprint density at radius 3 is 2.92 bits per heavy atom. The van der Waals surface area contributed by atoms with Crippen molar-refractivity contribution in [2.75, 3.05) is 5.32 Å². The minimum Gasteiger partial charge on any atom is -0.488 e. The topological polar surface area (TPSA) is 64.4 Å². The highest BCUT2D eigenvalue weighted by Crippen LogP contribution is 2.39. The van der Waals surface area contributed by atoms with Crippen LogP contribution in [-0.2, 0) is 6.61 Å². The van der Waals surface area contributed by atoms with Gasteiger partial charge < -0.3 is 14.6 Å². The third kappa shape index (κ3) is 2.74. The van der Waals surface area contributed by atoms with E-state index in [1.807, 2.05) is 25.1 Å². The Kier molecular flexibility index (Phi) is 3.69. The molecule has 1 aliphatic rings. The number of halogens is 2. The van der Waals surface area contributed by atoms with Gasteiger partial charge in [0.1, 0.15) is 18.2 Å². The molecule has 5 nitrogen and oxygen atoms in total. The van der Waals surface area contributed by atoms with Gasteiger partial charge in [-0.15, -0.1) is 0 Å². The van der Waals surface area contributed by atoms with Gasteiger partial charge in [-0.25, -0.2) is 4.39 Å². The molecule has 0 fully saturated rings. The molecule has 4 rings (SSSR count). The van der Waals surface area contributed by atoms with Gasteiger partial charge in [-0.2, -0.15) is 0 Å². The standard InChI is InChI=1S/C18H12ClFN2O3/c1-9-2-5-15-11(6-9)17-12(8-24-15)16(22-25-17)18(23)21-10-3-4-14(20)13(19)7-10/h2-7H,8H2,1H3,(H,21,23). The van der Waals surface area contributed by atoms with Gasteiger partial charge in [-0.1, -0.05) is 28.4 Å². The van der Waals surface area contributed by atoms with E-state index in [0.29, 0.717) is 22.8 Å². The zero-order valence-electron chi connectivity index (χ0n) is 13.1. The van der Waals surface area contributed by atoms with E-state index >= 15 is 0 Å². The molecule has 2 heterocycles. The predicted octanol–water partition coefficient (Wildman–Crippen LogP) is 4.59. The van der Waals surface area contributed by atoms with Crippen molar-refractivity contribution in [1.82, 2.24) is 5.16 Å². The number of anilines is 1. The molecule has 2 aromatic carbocycles. The lowest BCUT2D eigenvalue weighted by Gasteiger charge is -2.16. The largest absolute Gasteiger partial charge is 0.488 e. The maximum absolute atomic E-state index is 13.2. The molecule has 0 unspecified atom stereocenters. The predicted molar refractivity (Wildman–Crippen MR) is 90.4 cm³/mol. The van der Waals surface area contributed by atoms with E-state index in [9.17, 15) is 9.18 Å². The minimum atomic E-state index is -0.557.